The number of hydrogen-bond acceptors (Lipinski definition) is 3. The van der Waals surface area contributed by atoms with Crippen LogP contribution in [-0.2, 0) is 11.2 Å². The van der Waals surface area contributed by atoms with Crippen LogP contribution in [0.15, 0.2) is 24.3 Å². The Bertz CT molecular complexity index is 379. The Morgan fingerprint density at radius 3 is 2.63 bits per heavy atom. The fourth-order valence-corrected chi connectivity index (χ4v) is 3.89. The van der Waals surface area contributed by atoms with E-state index in [4.69, 9.17) is 4.74 Å². The number of thioether (sulfide) groups is 1. The van der Waals surface area contributed by atoms with E-state index in [-0.39, 0.29) is 0 Å². The molecule has 1 aliphatic heterocycles. The summed E-state index contributed by atoms with van der Waals surface area (Å²) in [4.78, 5) is 0. The van der Waals surface area contributed by atoms with Crippen molar-refractivity contribution in [1.82, 2.24) is 5.32 Å². The molecule has 106 valence electrons. The van der Waals surface area contributed by atoms with E-state index in [1.807, 2.05) is 18.8 Å². The Labute approximate surface area is 121 Å². The molecule has 1 saturated heterocycles. The molecule has 3 heteroatoms. The summed E-state index contributed by atoms with van der Waals surface area (Å²) >= 11 is 2.04. The zero-order valence-electron chi connectivity index (χ0n) is 12.2. The maximum absolute atomic E-state index is 5.63. The van der Waals surface area contributed by atoms with Gasteiger partial charge in [0.25, 0.3) is 0 Å². The summed E-state index contributed by atoms with van der Waals surface area (Å²) in [6.45, 7) is 5.31. The van der Waals surface area contributed by atoms with Crippen molar-refractivity contribution in [2.45, 2.75) is 44.1 Å². The summed E-state index contributed by atoms with van der Waals surface area (Å²) in [5.74, 6) is 1.11. The van der Waals surface area contributed by atoms with Gasteiger partial charge in [0, 0.05) is 23.7 Å². The summed E-state index contributed by atoms with van der Waals surface area (Å²) in [6, 6.07) is 9.44. The highest BCUT2D eigenvalue weighted by atomic mass is 32.2. The molecule has 1 fully saturated rings. The molecule has 0 spiro atoms. The normalized spacial score (nSPS) is 24.6. The highest BCUT2D eigenvalue weighted by molar-refractivity contribution is 8.00. The van der Waals surface area contributed by atoms with Crippen LogP contribution in [0.1, 0.15) is 37.4 Å². The van der Waals surface area contributed by atoms with Crippen LogP contribution in [0.5, 0.6) is 0 Å². The van der Waals surface area contributed by atoms with Crippen LogP contribution in [0.3, 0.4) is 0 Å². The summed E-state index contributed by atoms with van der Waals surface area (Å²) in [7, 11) is 2.05. The van der Waals surface area contributed by atoms with Crippen LogP contribution in [-0.4, -0.2) is 30.8 Å². The van der Waals surface area contributed by atoms with Gasteiger partial charge in [-0.25, -0.2) is 0 Å². The fraction of sp³-hybridized carbons (Fsp3) is 0.625. The Morgan fingerprint density at radius 2 is 2.11 bits per heavy atom. The average Bonchev–Trinajstić information content (AvgIpc) is 2.86. The quantitative estimate of drug-likeness (QED) is 0.862. The second-order valence-corrected chi connectivity index (χ2v) is 6.44. The van der Waals surface area contributed by atoms with Gasteiger partial charge >= 0.3 is 0 Å². The molecule has 0 amide bonds. The molecule has 3 unspecified atom stereocenters. The Balaban J connectivity index is 1.91. The van der Waals surface area contributed by atoms with E-state index in [1.165, 1.54) is 17.5 Å². The van der Waals surface area contributed by atoms with Gasteiger partial charge in [-0.3, -0.25) is 0 Å². The minimum absolute atomic E-state index is 0.407. The molecule has 2 nitrogen and oxygen atoms in total. The first-order chi connectivity index (χ1) is 9.24. The zero-order chi connectivity index (χ0) is 13.7. The highest BCUT2D eigenvalue weighted by Crippen LogP contribution is 2.29. The van der Waals surface area contributed by atoms with Gasteiger partial charge in [0.05, 0.1) is 6.10 Å². The van der Waals surface area contributed by atoms with E-state index in [1.54, 1.807) is 0 Å². The Morgan fingerprint density at radius 1 is 1.37 bits per heavy atom. The third-order valence-electron chi connectivity index (χ3n) is 3.92. The molecule has 3 atom stereocenters. The molecular formula is C16H25NOS. The van der Waals surface area contributed by atoms with Crippen LogP contribution in [0.25, 0.3) is 0 Å². The summed E-state index contributed by atoms with van der Waals surface area (Å²) < 4.78 is 5.63. The molecule has 1 heterocycles. The van der Waals surface area contributed by atoms with Crippen molar-refractivity contribution in [1.29, 1.82) is 0 Å². The standard InChI is InChI=1S/C16H25NOS/c1-4-13-5-7-14(8-6-13)15(17-3)11-19-16-9-10-18-12(16)2/h5-8,12,15-17H,4,9-11H2,1-3H3. The fourth-order valence-electron chi connectivity index (χ4n) is 2.48. The molecule has 1 N–H and O–H groups in total. The number of ether oxygens (including phenoxy) is 1. The Hall–Kier alpha value is -0.510. The van der Waals surface area contributed by atoms with E-state index >= 15 is 0 Å². The molecule has 1 aliphatic rings. The first-order valence-corrected chi connectivity index (χ1v) is 8.28. The summed E-state index contributed by atoms with van der Waals surface area (Å²) in [5.41, 5.74) is 2.79. The predicted octanol–water partition coefficient (Wildman–Crippen LogP) is 3.42. The van der Waals surface area contributed by atoms with Crippen molar-refractivity contribution in [3.8, 4) is 0 Å². The monoisotopic (exact) mass is 279 g/mol. The van der Waals surface area contributed by atoms with Gasteiger partial charge in [-0.15, -0.1) is 0 Å². The lowest BCUT2D eigenvalue weighted by Crippen LogP contribution is -2.22. The molecule has 1 aromatic rings. The van der Waals surface area contributed by atoms with Gasteiger partial charge < -0.3 is 10.1 Å². The summed E-state index contributed by atoms with van der Waals surface area (Å²) in [5, 5.41) is 4.09. The van der Waals surface area contributed by atoms with Gasteiger partial charge in [0.1, 0.15) is 0 Å². The molecule has 0 saturated carbocycles. The largest absolute Gasteiger partial charge is 0.377 e. The van der Waals surface area contributed by atoms with Crippen LogP contribution in [0.4, 0.5) is 0 Å². The zero-order valence-corrected chi connectivity index (χ0v) is 13.0. The average molecular weight is 279 g/mol. The molecule has 0 radical (unpaired) electrons. The molecule has 19 heavy (non-hydrogen) atoms. The smallest absolute Gasteiger partial charge is 0.0666 e. The van der Waals surface area contributed by atoms with Crippen LogP contribution in [0, 0.1) is 0 Å². The first-order valence-electron chi connectivity index (χ1n) is 7.24. The van der Waals surface area contributed by atoms with Gasteiger partial charge in [-0.05, 0) is 37.9 Å². The lowest BCUT2D eigenvalue weighted by Gasteiger charge is -2.20. The third kappa shape index (κ3) is 3.98. The molecule has 0 aliphatic carbocycles. The lowest BCUT2D eigenvalue weighted by molar-refractivity contribution is 0.127. The minimum Gasteiger partial charge on any atom is -0.377 e. The predicted molar refractivity (Wildman–Crippen MR) is 83.9 cm³/mol. The van der Waals surface area contributed by atoms with Gasteiger partial charge in [-0.1, -0.05) is 31.2 Å². The van der Waals surface area contributed by atoms with Gasteiger partial charge in [0.2, 0.25) is 0 Å². The number of hydrogen-bond donors (Lipinski definition) is 1. The highest BCUT2D eigenvalue weighted by Gasteiger charge is 2.25. The molecule has 2 rings (SSSR count). The van der Waals surface area contributed by atoms with Crippen molar-refractivity contribution < 1.29 is 4.74 Å². The second-order valence-electron chi connectivity index (χ2n) is 5.17. The van der Waals surface area contributed by atoms with Crippen molar-refractivity contribution >= 4 is 11.8 Å². The van der Waals surface area contributed by atoms with Crippen molar-refractivity contribution in [3.05, 3.63) is 35.4 Å². The first kappa shape index (κ1) is 14.9. The second kappa shape index (κ2) is 7.32. The molecule has 0 aromatic heterocycles. The van der Waals surface area contributed by atoms with Crippen molar-refractivity contribution in [3.63, 3.8) is 0 Å². The molecular weight excluding hydrogens is 254 g/mol. The van der Waals surface area contributed by atoms with E-state index in [2.05, 4.69) is 43.4 Å². The minimum atomic E-state index is 0.407. The third-order valence-corrected chi connectivity index (χ3v) is 5.50. The number of rotatable bonds is 6. The van der Waals surface area contributed by atoms with Crippen LogP contribution in [0.2, 0.25) is 0 Å². The van der Waals surface area contributed by atoms with Crippen LogP contribution < -0.4 is 5.32 Å². The number of benzene rings is 1. The number of aryl methyl sites for hydroxylation is 1. The van der Waals surface area contributed by atoms with E-state index in [0.29, 0.717) is 17.4 Å². The number of nitrogens with one attached hydrogen (secondary N) is 1. The Kier molecular flexibility index (Phi) is 5.74. The topological polar surface area (TPSA) is 21.3 Å². The van der Waals surface area contributed by atoms with Gasteiger partial charge in [0.15, 0.2) is 0 Å². The molecule has 1 aromatic carbocycles. The van der Waals surface area contributed by atoms with E-state index in [0.717, 1.165) is 18.8 Å². The van der Waals surface area contributed by atoms with E-state index < -0.39 is 0 Å². The van der Waals surface area contributed by atoms with Crippen LogP contribution >= 0.6 is 11.8 Å². The summed E-state index contributed by atoms with van der Waals surface area (Å²) in [6.07, 6.45) is 2.71. The maximum Gasteiger partial charge on any atom is 0.0666 e. The lowest BCUT2D eigenvalue weighted by atomic mass is 10.1. The van der Waals surface area contributed by atoms with Gasteiger partial charge in [-0.2, -0.15) is 11.8 Å². The van der Waals surface area contributed by atoms with Crippen molar-refractivity contribution in [2.75, 3.05) is 19.4 Å². The van der Waals surface area contributed by atoms with Crippen molar-refractivity contribution in [2.24, 2.45) is 0 Å². The van der Waals surface area contributed by atoms with E-state index in [9.17, 15) is 0 Å². The maximum atomic E-state index is 5.63. The molecule has 0 bridgehead atoms. The SMILES string of the molecule is CCc1ccc(C(CSC2CCOC2C)NC)cc1.